The highest BCUT2D eigenvalue weighted by atomic mass is 16.5. The lowest BCUT2D eigenvalue weighted by molar-refractivity contribution is -0.114. The van der Waals surface area contributed by atoms with Gasteiger partial charge in [0.25, 0.3) is 0 Å². The monoisotopic (exact) mass is 275 g/mol. The van der Waals surface area contributed by atoms with Crippen LogP contribution in [0.1, 0.15) is 25.5 Å². The Hall–Kier alpha value is -2.34. The predicted molar refractivity (Wildman–Crippen MR) is 73.7 cm³/mol. The SMILES string of the molecule is COc1ccc([C@H]2NC(=O)N(N)C(C)=C2C(C)=O)cc1. The number of rotatable bonds is 3. The van der Waals surface area contributed by atoms with Crippen molar-refractivity contribution >= 4 is 11.8 Å². The number of nitrogens with two attached hydrogens (primary N) is 1. The van der Waals surface area contributed by atoms with Crippen LogP contribution in [0.2, 0.25) is 0 Å². The molecule has 1 aliphatic rings. The highest BCUT2D eigenvalue weighted by molar-refractivity contribution is 5.98. The molecule has 106 valence electrons. The maximum atomic E-state index is 11.9. The van der Waals surface area contributed by atoms with Crippen LogP contribution >= 0.6 is 0 Å². The summed E-state index contributed by atoms with van der Waals surface area (Å²) in [5.74, 6) is 6.21. The maximum absolute atomic E-state index is 11.9. The van der Waals surface area contributed by atoms with Crippen molar-refractivity contribution in [1.29, 1.82) is 0 Å². The Morgan fingerprint density at radius 1 is 1.35 bits per heavy atom. The van der Waals surface area contributed by atoms with E-state index in [1.54, 1.807) is 26.2 Å². The summed E-state index contributed by atoms with van der Waals surface area (Å²) in [6.07, 6.45) is 0. The third-order valence-electron chi connectivity index (χ3n) is 3.35. The number of benzene rings is 1. The number of nitrogens with zero attached hydrogens (tertiary/aromatic N) is 1. The number of ketones is 1. The van der Waals surface area contributed by atoms with E-state index < -0.39 is 12.1 Å². The normalized spacial score (nSPS) is 18.9. The second kappa shape index (κ2) is 5.34. The van der Waals surface area contributed by atoms with Crippen LogP contribution in [0.3, 0.4) is 0 Å². The third kappa shape index (κ3) is 2.37. The Morgan fingerprint density at radius 2 is 1.95 bits per heavy atom. The summed E-state index contributed by atoms with van der Waals surface area (Å²) >= 11 is 0. The van der Waals surface area contributed by atoms with E-state index in [2.05, 4.69) is 5.32 Å². The molecule has 0 aromatic heterocycles. The summed E-state index contributed by atoms with van der Waals surface area (Å²) in [6.45, 7) is 3.12. The molecule has 6 nitrogen and oxygen atoms in total. The minimum Gasteiger partial charge on any atom is -0.497 e. The Bertz CT molecular complexity index is 578. The highest BCUT2D eigenvalue weighted by Crippen LogP contribution is 2.30. The Morgan fingerprint density at radius 3 is 2.45 bits per heavy atom. The number of ether oxygens (including phenoxy) is 1. The second-order valence-electron chi connectivity index (χ2n) is 4.58. The van der Waals surface area contributed by atoms with Gasteiger partial charge in [-0.15, -0.1) is 0 Å². The average molecular weight is 275 g/mol. The summed E-state index contributed by atoms with van der Waals surface area (Å²) < 4.78 is 5.10. The molecule has 1 aromatic rings. The van der Waals surface area contributed by atoms with Gasteiger partial charge in [-0.25, -0.2) is 15.6 Å². The molecule has 0 saturated carbocycles. The van der Waals surface area contributed by atoms with Gasteiger partial charge in [0.05, 0.1) is 13.2 Å². The summed E-state index contributed by atoms with van der Waals surface area (Å²) in [5, 5.41) is 3.68. The first kappa shape index (κ1) is 14.1. The first-order chi connectivity index (χ1) is 9.45. The van der Waals surface area contributed by atoms with E-state index in [1.807, 2.05) is 12.1 Å². The minimum absolute atomic E-state index is 0.126. The van der Waals surface area contributed by atoms with Crippen molar-refractivity contribution in [2.75, 3.05) is 7.11 Å². The molecule has 20 heavy (non-hydrogen) atoms. The van der Waals surface area contributed by atoms with Crippen molar-refractivity contribution in [2.45, 2.75) is 19.9 Å². The third-order valence-corrected chi connectivity index (χ3v) is 3.35. The molecule has 2 amide bonds. The van der Waals surface area contributed by atoms with Crippen LogP contribution in [0, 0.1) is 0 Å². The molecule has 0 saturated heterocycles. The Kier molecular flexibility index (Phi) is 3.76. The average Bonchev–Trinajstić information content (AvgIpc) is 2.44. The molecule has 1 atom stereocenters. The van der Waals surface area contributed by atoms with Gasteiger partial charge < -0.3 is 10.1 Å². The van der Waals surface area contributed by atoms with Gasteiger partial charge in [-0.05, 0) is 31.5 Å². The van der Waals surface area contributed by atoms with E-state index in [4.69, 9.17) is 10.6 Å². The number of hydrogen-bond donors (Lipinski definition) is 2. The molecular weight excluding hydrogens is 258 g/mol. The van der Waals surface area contributed by atoms with E-state index in [1.165, 1.54) is 6.92 Å². The van der Waals surface area contributed by atoms with Gasteiger partial charge in [0, 0.05) is 11.3 Å². The zero-order valence-electron chi connectivity index (χ0n) is 11.6. The van der Waals surface area contributed by atoms with Crippen LogP contribution in [0.15, 0.2) is 35.5 Å². The number of hydrazine groups is 1. The standard InChI is InChI=1S/C14H17N3O3/c1-8-12(9(2)18)13(16-14(19)17(8)15)10-4-6-11(20-3)7-5-10/h4-7,13H,15H2,1-3H3,(H,16,19)/t13-/m1/s1. The lowest BCUT2D eigenvalue weighted by atomic mass is 9.93. The van der Waals surface area contributed by atoms with Gasteiger partial charge in [0.15, 0.2) is 5.78 Å². The van der Waals surface area contributed by atoms with Crippen molar-refractivity contribution < 1.29 is 14.3 Å². The first-order valence-electron chi connectivity index (χ1n) is 6.16. The topological polar surface area (TPSA) is 84.7 Å². The van der Waals surface area contributed by atoms with Gasteiger partial charge in [-0.2, -0.15) is 0 Å². The molecule has 6 heteroatoms. The van der Waals surface area contributed by atoms with Crippen molar-refractivity contribution in [1.82, 2.24) is 10.3 Å². The molecule has 0 bridgehead atoms. The highest BCUT2D eigenvalue weighted by Gasteiger charge is 2.32. The van der Waals surface area contributed by atoms with Crippen LogP contribution in [-0.2, 0) is 4.79 Å². The Balaban J connectivity index is 2.47. The second-order valence-corrected chi connectivity index (χ2v) is 4.58. The van der Waals surface area contributed by atoms with Crippen molar-refractivity contribution in [3.8, 4) is 5.75 Å². The minimum atomic E-state index is -0.495. The smallest absolute Gasteiger partial charge is 0.336 e. The molecule has 1 heterocycles. The number of methoxy groups -OCH3 is 1. The fraction of sp³-hybridized carbons (Fsp3) is 0.286. The molecule has 0 radical (unpaired) electrons. The fourth-order valence-corrected chi connectivity index (χ4v) is 2.26. The fourth-order valence-electron chi connectivity index (χ4n) is 2.26. The van der Waals surface area contributed by atoms with Crippen LogP contribution in [0.4, 0.5) is 4.79 Å². The number of carbonyl (C=O) groups is 2. The van der Waals surface area contributed by atoms with E-state index >= 15 is 0 Å². The Labute approximate surface area is 117 Å². The van der Waals surface area contributed by atoms with Crippen LogP contribution in [0.5, 0.6) is 5.75 Å². The summed E-state index contributed by atoms with van der Waals surface area (Å²) in [6, 6.07) is 6.25. The summed E-state index contributed by atoms with van der Waals surface area (Å²) in [4.78, 5) is 23.7. The molecule has 0 spiro atoms. The van der Waals surface area contributed by atoms with Crippen molar-refractivity contribution in [2.24, 2.45) is 5.84 Å². The van der Waals surface area contributed by atoms with E-state index in [0.717, 1.165) is 10.6 Å². The quantitative estimate of drug-likeness (QED) is 0.646. The zero-order chi connectivity index (χ0) is 14.9. The largest absolute Gasteiger partial charge is 0.497 e. The molecule has 1 aliphatic heterocycles. The number of carbonyl (C=O) groups excluding carboxylic acids is 2. The first-order valence-corrected chi connectivity index (χ1v) is 6.16. The van der Waals surface area contributed by atoms with Gasteiger partial charge in [0.1, 0.15) is 5.75 Å². The molecule has 3 N–H and O–H groups in total. The van der Waals surface area contributed by atoms with Gasteiger partial charge >= 0.3 is 6.03 Å². The molecule has 0 aliphatic carbocycles. The molecule has 0 unspecified atom stereocenters. The van der Waals surface area contributed by atoms with E-state index in [0.29, 0.717) is 17.0 Å². The molecule has 1 aromatic carbocycles. The number of hydrogen-bond acceptors (Lipinski definition) is 4. The number of Topliss-reactive ketones (excluding diaryl/α,β-unsaturated/α-hetero) is 1. The van der Waals surface area contributed by atoms with Crippen molar-refractivity contribution in [3.63, 3.8) is 0 Å². The number of allylic oxidation sites excluding steroid dienone is 1. The van der Waals surface area contributed by atoms with Crippen LogP contribution in [0.25, 0.3) is 0 Å². The van der Waals surface area contributed by atoms with E-state index in [9.17, 15) is 9.59 Å². The lowest BCUT2D eigenvalue weighted by Gasteiger charge is -2.32. The summed E-state index contributed by atoms with van der Waals surface area (Å²) in [5.41, 5.74) is 1.75. The zero-order valence-corrected chi connectivity index (χ0v) is 11.6. The predicted octanol–water partition coefficient (Wildman–Crippen LogP) is 1.50. The van der Waals surface area contributed by atoms with Gasteiger partial charge in [-0.3, -0.25) is 4.79 Å². The molecular formula is C14H17N3O3. The number of nitrogens with one attached hydrogen (secondary N) is 1. The molecule has 0 fully saturated rings. The van der Waals surface area contributed by atoms with Crippen LogP contribution < -0.4 is 15.9 Å². The van der Waals surface area contributed by atoms with Gasteiger partial charge in [0.2, 0.25) is 0 Å². The lowest BCUT2D eigenvalue weighted by Crippen LogP contribution is -2.50. The number of urea groups is 1. The molecule has 2 rings (SSSR count). The summed E-state index contributed by atoms with van der Waals surface area (Å²) in [7, 11) is 1.58. The van der Waals surface area contributed by atoms with Gasteiger partial charge in [-0.1, -0.05) is 12.1 Å². The maximum Gasteiger partial charge on any atom is 0.336 e. The number of amides is 2. The van der Waals surface area contributed by atoms with E-state index in [-0.39, 0.29) is 5.78 Å². The van der Waals surface area contributed by atoms with Crippen LogP contribution in [-0.4, -0.2) is 23.9 Å². The van der Waals surface area contributed by atoms with Crippen molar-refractivity contribution in [3.05, 3.63) is 41.1 Å².